The summed E-state index contributed by atoms with van der Waals surface area (Å²) in [6.07, 6.45) is 2.40. The number of amides is 1. The fourth-order valence-corrected chi connectivity index (χ4v) is 3.32. The minimum Gasteiger partial charge on any atom is -0.379 e. The summed E-state index contributed by atoms with van der Waals surface area (Å²) in [7, 11) is 0. The highest BCUT2D eigenvalue weighted by molar-refractivity contribution is 5.92. The third kappa shape index (κ3) is 4.77. The van der Waals surface area contributed by atoms with Crippen LogP contribution < -0.4 is 5.32 Å². The first-order valence-corrected chi connectivity index (χ1v) is 8.63. The van der Waals surface area contributed by atoms with E-state index in [-0.39, 0.29) is 5.91 Å². The molecule has 3 rings (SSSR count). The van der Waals surface area contributed by atoms with Gasteiger partial charge in [-0.05, 0) is 44.0 Å². The minimum atomic E-state index is 0.0830. The molecule has 2 saturated heterocycles. The monoisotopic (exact) mass is 317 g/mol. The molecular weight excluding hydrogens is 290 g/mol. The summed E-state index contributed by atoms with van der Waals surface area (Å²) < 4.78 is 5.37. The van der Waals surface area contributed by atoms with Crippen LogP contribution in [0.1, 0.15) is 25.3 Å². The molecule has 2 heterocycles. The molecule has 1 N–H and O–H groups in total. The van der Waals surface area contributed by atoms with E-state index in [9.17, 15) is 4.79 Å². The van der Waals surface area contributed by atoms with Crippen molar-refractivity contribution in [1.29, 1.82) is 0 Å². The van der Waals surface area contributed by atoms with Crippen LogP contribution >= 0.6 is 0 Å². The van der Waals surface area contributed by atoms with Crippen molar-refractivity contribution in [3.8, 4) is 0 Å². The standard InChI is InChI=1S/C18H27N3O2/c1-15-3-2-8-21(15)14-18(22)19-17-6-4-16(5-7-17)13-20-9-11-23-12-10-20/h4-7,15H,2-3,8-14H2,1H3,(H,19,22)/t15-/m1/s1. The Morgan fingerprint density at radius 2 is 1.96 bits per heavy atom. The van der Waals surface area contributed by atoms with Gasteiger partial charge in [-0.25, -0.2) is 0 Å². The van der Waals surface area contributed by atoms with Crippen LogP contribution in [0.3, 0.4) is 0 Å². The second kappa shape index (κ2) is 7.90. The predicted octanol–water partition coefficient (Wildman–Crippen LogP) is 1.94. The lowest BCUT2D eigenvalue weighted by atomic mass is 10.2. The Kier molecular flexibility index (Phi) is 5.65. The number of nitrogens with zero attached hydrogens (tertiary/aromatic N) is 2. The van der Waals surface area contributed by atoms with Crippen molar-refractivity contribution >= 4 is 11.6 Å². The molecule has 2 aliphatic heterocycles. The number of anilines is 1. The fourth-order valence-electron chi connectivity index (χ4n) is 3.32. The van der Waals surface area contributed by atoms with E-state index in [0.717, 1.165) is 45.1 Å². The topological polar surface area (TPSA) is 44.8 Å². The van der Waals surface area contributed by atoms with Crippen LogP contribution in [0, 0.1) is 0 Å². The summed E-state index contributed by atoms with van der Waals surface area (Å²) in [4.78, 5) is 16.8. The molecule has 2 fully saturated rings. The van der Waals surface area contributed by atoms with Crippen molar-refractivity contribution in [3.63, 3.8) is 0 Å². The summed E-state index contributed by atoms with van der Waals surface area (Å²) in [5.74, 6) is 0.0830. The molecule has 23 heavy (non-hydrogen) atoms. The van der Waals surface area contributed by atoms with Crippen molar-refractivity contribution in [2.24, 2.45) is 0 Å². The number of carbonyl (C=O) groups excluding carboxylic acids is 1. The van der Waals surface area contributed by atoms with E-state index in [0.29, 0.717) is 12.6 Å². The molecule has 1 amide bonds. The van der Waals surface area contributed by atoms with Crippen LogP contribution in [0.5, 0.6) is 0 Å². The highest BCUT2D eigenvalue weighted by Crippen LogP contribution is 2.16. The number of ether oxygens (including phenoxy) is 1. The van der Waals surface area contributed by atoms with E-state index < -0.39 is 0 Å². The summed E-state index contributed by atoms with van der Waals surface area (Å²) in [5, 5.41) is 3.01. The highest BCUT2D eigenvalue weighted by atomic mass is 16.5. The minimum absolute atomic E-state index is 0.0830. The first kappa shape index (κ1) is 16.4. The molecule has 2 aliphatic rings. The van der Waals surface area contributed by atoms with Crippen molar-refractivity contribution in [2.45, 2.75) is 32.4 Å². The van der Waals surface area contributed by atoms with E-state index in [1.165, 1.54) is 18.4 Å². The fraction of sp³-hybridized carbons (Fsp3) is 0.611. The maximum Gasteiger partial charge on any atom is 0.238 e. The first-order chi connectivity index (χ1) is 11.2. The second-order valence-corrected chi connectivity index (χ2v) is 6.60. The molecule has 1 aromatic rings. The molecule has 5 heteroatoms. The van der Waals surface area contributed by atoms with Gasteiger partial charge in [0.25, 0.3) is 0 Å². The Morgan fingerprint density at radius 3 is 2.61 bits per heavy atom. The molecule has 1 atom stereocenters. The smallest absolute Gasteiger partial charge is 0.238 e. The van der Waals surface area contributed by atoms with Gasteiger partial charge in [0, 0.05) is 31.4 Å². The predicted molar refractivity (Wildman–Crippen MR) is 91.4 cm³/mol. The average Bonchev–Trinajstić information content (AvgIpc) is 2.95. The molecule has 0 aromatic heterocycles. The van der Waals surface area contributed by atoms with Gasteiger partial charge in [-0.1, -0.05) is 12.1 Å². The van der Waals surface area contributed by atoms with Crippen molar-refractivity contribution in [3.05, 3.63) is 29.8 Å². The van der Waals surface area contributed by atoms with Gasteiger partial charge in [0.05, 0.1) is 19.8 Å². The number of likely N-dealkylation sites (tertiary alicyclic amines) is 1. The van der Waals surface area contributed by atoms with Crippen LogP contribution in [-0.2, 0) is 16.1 Å². The molecule has 5 nitrogen and oxygen atoms in total. The zero-order valence-electron chi connectivity index (χ0n) is 14.0. The van der Waals surface area contributed by atoms with E-state index in [2.05, 4.69) is 34.2 Å². The quantitative estimate of drug-likeness (QED) is 0.901. The summed E-state index contributed by atoms with van der Waals surface area (Å²) >= 11 is 0. The van der Waals surface area contributed by atoms with Crippen molar-refractivity contribution in [1.82, 2.24) is 9.80 Å². The van der Waals surface area contributed by atoms with E-state index >= 15 is 0 Å². The van der Waals surface area contributed by atoms with Crippen LogP contribution in [0.25, 0.3) is 0 Å². The Balaban J connectivity index is 1.47. The van der Waals surface area contributed by atoms with E-state index in [4.69, 9.17) is 4.74 Å². The highest BCUT2D eigenvalue weighted by Gasteiger charge is 2.22. The van der Waals surface area contributed by atoms with Gasteiger partial charge in [0.2, 0.25) is 5.91 Å². The van der Waals surface area contributed by atoms with Gasteiger partial charge in [-0.15, -0.1) is 0 Å². The van der Waals surface area contributed by atoms with E-state index in [1.807, 2.05) is 12.1 Å². The third-order valence-corrected chi connectivity index (χ3v) is 4.78. The Bertz CT molecular complexity index is 512. The number of nitrogens with one attached hydrogen (secondary N) is 1. The van der Waals surface area contributed by atoms with Crippen LogP contribution in [0.4, 0.5) is 5.69 Å². The summed E-state index contributed by atoms with van der Waals surface area (Å²) in [6, 6.07) is 8.73. The van der Waals surface area contributed by atoms with Crippen LogP contribution in [-0.4, -0.2) is 61.1 Å². The lowest BCUT2D eigenvalue weighted by Crippen LogP contribution is -2.35. The number of hydrogen-bond donors (Lipinski definition) is 1. The number of hydrogen-bond acceptors (Lipinski definition) is 4. The molecule has 0 unspecified atom stereocenters. The summed E-state index contributed by atoms with van der Waals surface area (Å²) in [5.41, 5.74) is 2.16. The molecule has 1 aromatic carbocycles. The Labute approximate surface area is 138 Å². The molecular formula is C18H27N3O2. The van der Waals surface area contributed by atoms with Crippen molar-refractivity contribution < 1.29 is 9.53 Å². The van der Waals surface area contributed by atoms with Gasteiger partial charge < -0.3 is 10.1 Å². The van der Waals surface area contributed by atoms with Gasteiger partial charge in [0.15, 0.2) is 0 Å². The lowest BCUT2D eigenvalue weighted by Gasteiger charge is -2.26. The second-order valence-electron chi connectivity index (χ2n) is 6.60. The normalized spacial score (nSPS) is 23.1. The molecule has 0 spiro atoms. The Hall–Kier alpha value is -1.43. The number of carbonyl (C=O) groups is 1. The molecule has 0 saturated carbocycles. The number of morpholine rings is 1. The molecule has 0 aliphatic carbocycles. The van der Waals surface area contributed by atoms with Gasteiger partial charge >= 0.3 is 0 Å². The largest absolute Gasteiger partial charge is 0.379 e. The lowest BCUT2D eigenvalue weighted by molar-refractivity contribution is -0.117. The number of rotatable bonds is 5. The number of benzene rings is 1. The van der Waals surface area contributed by atoms with Crippen LogP contribution in [0.2, 0.25) is 0 Å². The van der Waals surface area contributed by atoms with E-state index in [1.54, 1.807) is 0 Å². The van der Waals surface area contributed by atoms with Gasteiger partial charge in [-0.2, -0.15) is 0 Å². The first-order valence-electron chi connectivity index (χ1n) is 8.63. The van der Waals surface area contributed by atoms with Crippen LogP contribution in [0.15, 0.2) is 24.3 Å². The Morgan fingerprint density at radius 1 is 1.22 bits per heavy atom. The zero-order valence-corrected chi connectivity index (χ0v) is 14.0. The van der Waals surface area contributed by atoms with Gasteiger partial charge in [0.1, 0.15) is 0 Å². The maximum absolute atomic E-state index is 12.1. The van der Waals surface area contributed by atoms with Gasteiger partial charge in [-0.3, -0.25) is 14.6 Å². The average molecular weight is 317 g/mol. The summed E-state index contributed by atoms with van der Waals surface area (Å²) in [6.45, 7) is 8.30. The molecule has 0 radical (unpaired) electrons. The SMILES string of the molecule is C[C@@H]1CCCN1CC(=O)Nc1ccc(CN2CCOCC2)cc1. The zero-order chi connectivity index (χ0) is 16.1. The maximum atomic E-state index is 12.1. The molecule has 0 bridgehead atoms. The third-order valence-electron chi connectivity index (χ3n) is 4.78. The molecule has 126 valence electrons. The van der Waals surface area contributed by atoms with Crippen molar-refractivity contribution in [2.75, 3.05) is 44.7 Å².